The molecule has 2 aromatic heterocycles. The largest absolute Gasteiger partial charge is 0.393 e. The van der Waals surface area contributed by atoms with Crippen LogP contribution in [0.4, 0.5) is 19.0 Å². The van der Waals surface area contributed by atoms with Gasteiger partial charge in [-0.1, -0.05) is 25.5 Å². The van der Waals surface area contributed by atoms with Crippen molar-refractivity contribution in [2.24, 2.45) is 5.41 Å². The maximum atomic E-state index is 13.1. The molecule has 7 rings (SSSR count). The zero-order valence-electron chi connectivity index (χ0n) is 31.6. The molecule has 1 spiro atoms. The summed E-state index contributed by atoms with van der Waals surface area (Å²) in [5.41, 5.74) is 5.17. The number of aryl methyl sites for hydroxylation is 1. The summed E-state index contributed by atoms with van der Waals surface area (Å²) in [6.45, 7) is 13.9. The number of aromatic nitrogens is 3. The highest BCUT2D eigenvalue weighted by Crippen LogP contribution is 2.44. The Morgan fingerprint density at radius 3 is 2.48 bits per heavy atom. The van der Waals surface area contributed by atoms with Gasteiger partial charge in [0.25, 0.3) is 0 Å². The predicted octanol–water partition coefficient (Wildman–Crippen LogP) is 6.50. The molecule has 3 aliphatic rings. The number of hydrogen-bond donors (Lipinski definition) is 0. The number of anilines is 1. The van der Waals surface area contributed by atoms with Crippen molar-refractivity contribution in [3.63, 3.8) is 0 Å². The van der Waals surface area contributed by atoms with Crippen LogP contribution < -0.4 is 4.90 Å². The average Bonchev–Trinajstić information content (AvgIpc) is 3.28. The van der Waals surface area contributed by atoms with Crippen LogP contribution in [-0.2, 0) is 29.5 Å². The summed E-state index contributed by atoms with van der Waals surface area (Å²) in [7, 11) is -3.23. The van der Waals surface area contributed by atoms with Crippen molar-refractivity contribution in [2.75, 3.05) is 63.0 Å². The molecule has 0 amide bonds. The number of alkyl halides is 3. The van der Waals surface area contributed by atoms with Gasteiger partial charge in [0.2, 0.25) is 10.0 Å². The van der Waals surface area contributed by atoms with Gasteiger partial charge in [-0.3, -0.25) is 9.80 Å². The third-order valence-electron chi connectivity index (χ3n) is 12.0. The molecular formula is C40H51F3N8O2S. The quantitative estimate of drug-likeness (QED) is 0.171. The number of fused-ring (bicyclic) bond motifs is 2. The van der Waals surface area contributed by atoms with Crippen LogP contribution in [0.5, 0.6) is 0 Å². The molecule has 14 heteroatoms. The smallest absolute Gasteiger partial charge is 0.355 e. The topological polar surface area (TPSA) is 102 Å². The summed E-state index contributed by atoms with van der Waals surface area (Å²) in [5, 5.41) is 11.9. The lowest BCUT2D eigenvalue weighted by Gasteiger charge is -2.54. The molecule has 54 heavy (non-hydrogen) atoms. The lowest BCUT2D eigenvalue weighted by atomic mass is 9.72. The molecule has 3 saturated heterocycles. The number of sulfonamides is 1. The highest BCUT2D eigenvalue weighted by atomic mass is 32.2. The van der Waals surface area contributed by atoms with E-state index in [1.54, 1.807) is 16.4 Å². The highest BCUT2D eigenvalue weighted by molar-refractivity contribution is 7.89. The summed E-state index contributed by atoms with van der Waals surface area (Å²) in [5.74, 6) is 0.925. The summed E-state index contributed by atoms with van der Waals surface area (Å²) < 4.78 is 68.8. The molecule has 290 valence electrons. The molecule has 1 atom stereocenters. The van der Waals surface area contributed by atoms with Crippen molar-refractivity contribution < 1.29 is 21.6 Å². The zero-order valence-corrected chi connectivity index (χ0v) is 32.4. The van der Waals surface area contributed by atoms with E-state index in [0.29, 0.717) is 55.0 Å². The van der Waals surface area contributed by atoms with Crippen LogP contribution in [0.2, 0.25) is 0 Å². The van der Waals surface area contributed by atoms with Crippen molar-refractivity contribution in [1.29, 1.82) is 5.26 Å². The average molecular weight is 765 g/mol. The number of rotatable bonds is 11. The number of unbranched alkanes of at least 4 members (excludes halogenated alkanes) is 1. The third-order valence-corrected chi connectivity index (χ3v) is 14.0. The van der Waals surface area contributed by atoms with Crippen LogP contribution in [0.25, 0.3) is 21.8 Å². The Hall–Kier alpha value is -3.77. The number of piperidine rings is 1. The number of hydrogen-bond acceptors (Lipinski definition) is 8. The molecule has 0 radical (unpaired) electrons. The second kappa shape index (κ2) is 15.4. The van der Waals surface area contributed by atoms with Gasteiger partial charge >= 0.3 is 6.18 Å². The maximum Gasteiger partial charge on any atom is 0.393 e. The minimum Gasteiger partial charge on any atom is -0.355 e. The molecule has 5 heterocycles. The maximum absolute atomic E-state index is 13.1. The van der Waals surface area contributed by atoms with E-state index < -0.39 is 22.6 Å². The molecule has 2 aromatic carbocycles. The first-order chi connectivity index (χ1) is 25.8. The van der Waals surface area contributed by atoms with Gasteiger partial charge in [0, 0.05) is 73.6 Å². The standard InChI is InChI=1S/C40H51F3N8O2S/c1-4-5-19-54(52,53)50-14-6-13-48(17-18-50)29(2)24-51-33(23-44)21-34-30(3)32(8-10-37(34)51)25-47-15-11-39(12-16-47)26-49(27-39)38-35-20-31(22-40(41,42)43)7-9-36(35)45-28-46-38/h7-10,20-21,28-29H,4-6,11-19,22,24-27H2,1-3H3. The van der Waals surface area contributed by atoms with Crippen LogP contribution in [-0.4, -0.2) is 107 Å². The second-order valence-electron chi connectivity index (χ2n) is 15.8. The van der Waals surface area contributed by atoms with Gasteiger partial charge in [0.15, 0.2) is 0 Å². The number of benzene rings is 2. The van der Waals surface area contributed by atoms with Gasteiger partial charge < -0.3 is 9.47 Å². The van der Waals surface area contributed by atoms with Gasteiger partial charge in [-0.25, -0.2) is 22.7 Å². The van der Waals surface area contributed by atoms with E-state index in [1.807, 2.05) is 13.0 Å². The summed E-state index contributed by atoms with van der Waals surface area (Å²) >= 11 is 0. The first kappa shape index (κ1) is 38.5. The fourth-order valence-electron chi connectivity index (χ4n) is 8.79. The van der Waals surface area contributed by atoms with Gasteiger partial charge in [-0.2, -0.15) is 18.4 Å². The third kappa shape index (κ3) is 8.10. The number of nitriles is 1. The Morgan fingerprint density at radius 2 is 1.76 bits per heavy atom. The predicted molar refractivity (Wildman–Crippen MR) is 206 cm³/mol. The molecule has 0 bridgehead atoms. The molecule has 4 aromatic rings. The van der Waals surface area contributed by atoms with Gasteiger partial charge in [0.1, 0.15) is 23.9 Å². The van der Waals surface area contributed by atoms with Crippen LogP contribution in [0, 0.1) is 23.7 Å². The minimum absolute atomic E-state index is 0.133. The number of likely N-dealkylation sites (tertiary alicyclic amines) is 1. The van der Waals surface area contributed by atoms with Crippen molar-refractivity contribution in [3.8, 4) is 6.07 Å². The van der Waals surface area contributed by atoms with Crippen molar-refractivity contribution >= 4 is 37.6 Å². The Morgan fingerprint density at radius 1 is 0.981 bits per heavy atom. The summed E-state index contributed by atoms with van der Waals surface area (Å²) in [6.07, 6.45) is 0.670. The monoisotopic (exact) mass is 764 g/mol. The van der Waals surface area contributed by atoms with E-state index in [1.165, 1.54) is 23.5 Å². The van der Waals surface area contributed by atoms with Gasteiger partial charge in [0.05, 0.1) is 17.7 Å². The van der Waals surface area contributed by atoms with Gasteiger partial charge in [-0.05, 0) is 100 Å². The summed E-state index contributed by atoms with van der Waals surface area (Å²) in [6, 6.07) is 13.7. The first-order valence-corrected chi connectivity index (χ1v) is 20.9. The molecular weight excluding hydrogens is 714 g/mol. The molecule has 3 fully saturated rings. The molecule has 0 aliphatic carbocycles. The summed E-state index contributed by atoms with van der Waals surface area (Å²) in [4.78, 5) is 15.9. The van der Waals surface area contributed by atoms with E-state index in [9.17, 15) is 26.9 Å². The second-order valence-corrected chi connectivity index (χ2v) is 17.9. The molecule has 10 nitrogen and oxygen atoms in total. The number of halogens is 3. The fraction of sp³-hybridized carbons (Fsp3) is 0.575. The van der Waals surface area contributed by atoms with E-state index >= 15 is 0 Å². The van der Waals surface area contributed by atoms with E-state index in [2.05, 4.69) is 61.3 Å². The Balaban J connectivity index is 0.970. The minimum atomic E-state index is -4.27. The molecule has 1 unspecified atom stereocenters. The van der Waals surface area contributed by atoms with Crippen LogP contribution in [0.15, 0.2) is 42.7 Å². The number of nitrogens with zero attached hydrogens (tertiary/aromatic N) is 8. The van der Waals surface area contributed by atoms with Crippen molar-refractivity contribution in [3.05, 3.63) is 65.1 Å². The molecule has 0 N–H and O–H groups in total. The Bertz CT molecular complexity index is 2130. The van der Waals surface area contributed by atoms with E-state index in [4.69, 9.17) is 0 Å². The molecule has 0 saturated carbocycles. The Kier molecular flexibility index (Phi) is 11.0. The lowest BCUT2D eigenvalue weighted by molar-refractivity contribution is -0.127. The Labute approximate surface area is 316 Å². The SMILES string of the molecule is CCCCS(=O)(=O)N1CCCN(C(C)Cn2c(C#N)cc3c(C)c(CN4CCC5(CC4)CN(c4ncnc6ccc(CC(F)(F)F)cc46)C5)ccc32)CC1. The van der Waals surface area contributed by atoms with Crippen LogP contribution in [0.3, 0.4) is 0 Å². The van der Waals surface area contributed by atoms with Crippen LogP contribution in [0.1, 0.15) is 68.3 Å². The van der Waals surface area contributed by atoms with Crippen molar-refractivity contribution in [1.82, 2.24) is 28.6 Å². The van der Waals surface area contributed by atoms with Crippen molar-refractivity contribution in [2.45, 2.75) is 84.6 Å². The lowest BCUT2D eigenvalue weighted by Crippen LogP contribution is -2.60. The molecule has 3 aliphatic heterocycles. The van der Waals surface area contributed by atoms with E-state index in [-0.39, 0.29) is 22.8 Å². The highest BCUT2D eigenvalue weighted by Gasteiger charge is 2.45. The van der Waals surface area contributed by atoms with Crippen LogP contribution >= 0.6 is 0 Å². The zero-order chi connectivity index (χ0) is 38.3. The van der Waals surface area contributed by atoms with E-state index in [0.717, 1.165) is 75.9 Å². The van der Waals surface area contributed by atoms with Gasteiger partial charge in [-0.15, -0.1) is 0 Å². The normalized spacial score (nSPS) is 19.6. The first-order valence-electron chi connectivity index (χ1n) is 19.3. The fourth-order valence-corrected chi connectivity index (χ4v) is 10.5.